The zero-order valence-electron chi connectivity index (χ0n) is 10.3. The van der Waals surface area contributed by atoms with E-state index in [4.69, 9.17) is 4.84 Å². The number of halogens is 1. The van der Waals surface area contributed by atoms with Crippen LogP contribution in [-0.2, 0) is 14.9 Å². The molecule has 0 amide bonds. The van der Waals surface area contributed by atoms with Crippen LogP contribution < -0.4 is 4.89 Å². The molecule has 9 heteroatoms. The van der Waals surface area contributed by atoms with Crippen molar-refractivity contribution in [1.29, 1.82) is 0 Å². The minimum atomic E-state index is -4.20. The second-order valence-corrected chi connectivity index (χ2v) is 5.78. The van der Waals surface area contributed by atoms with Crippen LogP contribution in [0.4, 0.5) is 10.1 Å². The van der Waals surface area contributed by atoms with Gasteiger partial charge in [0.1, 0.15) is 10.7 Å². The summed E-state index contributed by atoms with van der Waals surface area (Å²) in [5.74, 6) is -1.13. The molecule has 0 spiro atoms. The van der Waals surface area contributed by atoms with Crippen molar-refractivity contribution in [3.63, 3.8) is 0 Å². The van der Waals surface area contributed by atoms with Crippen LogP contribution >= 0.6 is 0 Å². The van der Waals surface area contributed by atoms with Crippen LogP contribution in [0.3, 0.4) is 0 Å². The van der Waals surface area contributed by atoms with Crippen molar-refractivity contribution < 1.29 is 22.6 Å². The number of nitro benzene ring substituents is 1. The Bertz CT molecular complexity index is 573. The van der Waals surface area contributed by atoms with Crippen molar-refractivity contribution in [3.8, 4) is 0 Å². The van der Waals surface area contributed by atoms with E-state index < -0.39 is 31.3 Å². The number of nitro groups is 1. The summed E-state index contributed by atoms with van der Waals surface area (Å²) in [5.41, 5.74) is -0.528. The molecule has 1 rings (SSSR count). The van der Waals surface area contributed by atoms with E-state index >= 15 is 0 Å². The Morgan fingerprint density at radius 2 is 2.11 bits per heavy atom. The lowest BCUT2D eigenvalue weighted by atomic mass is 10.2. The maximum atomic E-state index is 13.5. The first-order valence-electron chi connectivity index (χ1n) is 5.31. The Balaban J connectivity index is 2.93. The number of nitrogens with zero attached hydrogens (tertiary/aromatic N) is 1. The molecule has 0 radical (unpaired) electrons. The van der Waals surface area contributed by atoms with Gasteiger partial charge in [-0.3, -0.25) is 15.0 Å². The smallest absolute Gasteiger partial charge is 0.272 e. The summed E-state index contributed by atoms with van der Waals surface area (Å²) in [4.78, 5) is 15.4. The number of rotatable bonds is 6. The highest BCUT2D eigenvalue weighted by molar-refractivity contribution is 7.89. The third-order valence-corrected chi connectivity index (χ3v) is 3.25. The molecule has 0 aliphatic heterocycles. The Morgan fingerprint density at radius 1 is 1.47 bits per heavy atom. The van der Waals surface area contributed by atoms with Gasteiger partial charge in [0.15, 0.2) is 0 Å². The average Bonchev–Trinajstić information content (AvgIpc) is 2.27. The summed E-state index contributed by atoms with van der Waals surface area (Å²) >= 11 is 0. The van der Waals surface area contributed by atoms with Crippen LogP contribution in [0.15, 0.2) is 23.1 Å². The first kappa shape index (κ1) is 15.5. The van der Waals surface area contributed by atoms with E-state index in [9.17, 15) is 22.9 Å². The van der Waals surface area contributed by atoms with E-state index in [1.165, 1.54) is 0 Å². The monoisotopic (exact) mass is 292 g/mol. The van der Waals surface area contributed by atoms with E-state index in [-0.39, 0.29) is 12.5 Å². The van der Waals surface area contributed by atoms with Crippen molar-refractivity contribution in [2.24, 2.45) is 5.92 Å². The molecule has 0 aromatic heterocycles. The number of hydrogen-bond donors (Lipinski definition) is 1. The molecule has 0 bridgehead atoms. The Hall–Kier alpha value is -1.58. The largest absolute Gasteiger partial charge is 0.287 e. The van der Waals surface area contributed by atoms with Gasteiger partial charge in [0.25, 0.3) is 15.7 Å². The summed E-state index contributed by atoms with van der Waals surface area (Å²) in [5, 5.41) is 10.4. The molecule has 0 fully saturated rings. The first-order chi connectivity index (χ1) is 8.74. The molecule has 0 aliphatic rings. The third-order valence-electron chi connectivity index (χ3n) is 2.00. The maximum absolute atomic E-state index is 13.5. The van der Waals surface area contributed by atoms with Crippen LogP contribution in [-0.4, -0.2) is 19.9 Å². The molecule has 106 valence electrons. The lowest BCUT2D eigenvalue weighted by Gasteiger charge is -2.09. The topological polar surface area (TPSA) is 98.5 Å². The molecular formula is C10H13FN2O5S. The number of hydrogen-bond acceptors (Lipinski definition) is 5. The van der Waals surface area contributed by atoms with Gasteiger partial charge >= 0.3 is 0 Å². The summed E-state index contributed by atoms with van der Waals surface area (Å²) < 4.78 is 36.9. The molecule has 0 unspecified atom stereocenters. The lowest BCUT2D eigenvalue weighted by Crippen LogP contribution is -2.26. The SMILES string of the molecule is CC(C)CONS(=O)(=O)c1ccc([N+](=O)[O-])cc1F. The van der Waals surface area contributed by atoms with Crippen LogP contribution in [0.5, 0.6) is 0 Å². The normalized spacial score (nSPS) is 11.8. The van der Waals surface area contributed by atoms with Crippen molar-refractivity contribution in [2.45, 2.75) is 18.7 Å². The minimum Gasteiger partial charge on any atom is -0.287 e. The molecule has 1 N–H and O–H groups in total. The molecule has 0 atom stereocenters. The second-order valence-electron chi connectivity index (χ2n) is 4.16. The molecule has 1 aromatic rings. The summed E-state index contributed by atoms with van der Waals surface area (Å²) in [6, 6.07) is 2.26. The highest BCUT2D eigenvalue weighted by Crippen LogP contribution is 2.20. The molecule has 0 aliphatic carbocycles. The van der Waals surface area contributed by atoms with Crippen LogP contribution in [0.2, 0.25) is 0 Å². The van der Waals surface area contributed by atoms with Crippen molar-refractivity contribution in [2.75, 3.05) is 6.61 Å². The first-order valence-corrected chi connectivity index (χ1v) is 6.80. The van der Waals surface area contributed by atoms with Crippen molar-refractivity contribution >= 4 is 15.7 Å². The predicted octanol–water partition coefficient (Wildman–Crippen LogP) is 1.60. The highest BCUT2D eigenvalue weighted by atomic mass is 32.2. The van der Waals surface area contributed by atoms with Crippen LogP contribution in [0, 0.1) is 21.8 Å². The highest BCUT2D eigenvalue weighted by Gasteiger charge is 2.22. The molecular weight excluding hydrogens is 279 g/mol. The van der Waals surface area contributed by atoms with Gasteiger partial charge in [-0.15, -0.1) is 0 Å². The molecule has 1 aromatic carbocycles. The van der Waals surface area contributed by atoms with Gasteiger partial charge in [0, 0.05) is 6.07 Å². The number of non-ortho nitro benzene ring substituents is 1. The summed E-state index contributed by atoms with van der Waals surface area (Å²) in [6.07, 6.45) is 0. The zero-order valence-corrected chi connectivity index (χ0v) is 11.1. The van der Waals surface area contributed by atoms with Gasteiger partial charge in [-0.2, -0.15) is 0 Å². The Kier molecular flexibility index (Phi) is 4.92. The quantitative estimate of drug-likeness (QED) is 0.634. The van der Waals surface area contributed by atoms with Crippen molar-refractivity contribution in [3.05, 3.63) is 34.1 Å². The average molecular weight is 292 g/mol. The maximum Gasteiger partial charge on any atom is 0.272 e. The molecule has 19 heavy (non-hydrogen) atoms. The van der Waals surface area contributed by atoms with E-state index in [1.54, 1.807) is 18.7 Å². The van der Waals surface area contributed by atoms with E-state index in [0.717, 1.165) is 12.1 Å². The lowest BCUT2D eigenvalue weighted by molar-refractivity contribution is -0.385. The fraction of sp³-hybridized carbons (Fsp3) is 0.400. The zero-order chi connectivity index (χ0) is 14.6. The number of sulfonamides is 1. The van der Waals surface area contributed by atoms with Gasteiger partial charge in [-0.05, 0) is 12.0 Å². The fourth-order valence-electron chi connectivity index (χ4n) is 1.14. The molecule has 0 saturated heterocycles. The van der Waals surface area contributed by atoms with Gasteiger partial charge in [0.05, 0.1) is 17.6 Å². The van der Waals surface area contributed by atoms with Gasteiger partial charge in [-0.25, -0.2) is 12.8 Å². The Labute approximate surface area is 109 Å². The van der Waals surface area contributed by atoms with E-state index in [2.05, 4.69) is 0 Å². The summed E-state index contributed by atoms with van der Waals surface area (Å²) in [7, 11) is -4.20. The molecule has 0 saturated carbocycles. The predicted molar refractivity (Wildman–Crippen MR) is 64.2 cm³/mol. The van der Waals surface area contributed by atoms with Crippen LogP contribution in [0.25, 0.3) is 0 Å². The van der Waals surface area contributed by atoms with E-state index in [1.807, 2.05) is 0 Å². The molecule has 0 heterocycles. The summed E-state index contributed by atoms with van der Waals surface area (Å²) in [6.45, 7) is 3.73. The fourth-order valence-corrected chi connectivity index (χ4v) is 2.02. The van der Waals surface area contributed by atoms with Crippen molar-refractivity contribution in [1.82, 2.24) is 4.89 Å². The Morgan fingerprint density at radius 3 is 2.58 bits per heavy atom. The van der Waals surface area contributed by atoms with E-state index in [0.29, 0.717) is 6.07 Å². The van der Waals surface area contributed by atoms with Crippen LogP contribution in [0.1, 0.15) is 13.8 Å². The molecule has 7 nitrogen and oxygen atoms in total. The number of nitrogens with one attached hydrogen (secondary N) is 1. The minimum absolute atomic E-state index is 0.0874. The van der Waals surface area contributed by atoms with Gasteiger partial charge in [0.2, 0.25) is 0 Å². The third kappa shape index (κ3) is 4.23. The standard InChI is InChI=1S/C10H13FN2O5S/c1-7(2)6-18-12-19(16,17)10-4-3-8(13(14)15)5-9(10)11/h3-5,7,12H,6H2,1-2H3. The number of benzene rings is 1. The van der Waals surface area contributed by atoms with Gasteiger partial charge in [-0.1, -0.05) is 18.7 Å². The van der Waals surface area contributed by atoms with Gasteiger partial charge < -0.3 is 0 Å². The second kappa shape index (κ2) is 6.04.